The Morgan fingerprint density at radius 1 is 1.03 bits per heavy atom. The molecule has 1 aliphatic heterocycles. The molecule has 0 unspecified atom stereocenters. The molecule has 8 heteroatoms. The summed E-state index contributed by atoms with van der Waals surface area (Å²) in [7, 11) is 0. The van der Waals surface area contributed by atoms with E-state index >= 15 is 0 Å². The maximum absolute atomic E-state index is 13.6. The lowest BCUT2D eigenvalue weighted by Crippen LogP contribution is -2.29. The van der Waals surface area contributed by atoms with Crippen LogP contribution in [0.2, 0.25) is 0 Å². The predicted molar refractivity (Wildman–Crippen MR) is 139 cm³/mol. The van der Waals surface area contributed by atoms with Crippen molar-refractivity contribution in [3.05, 3.63) is 107 Å². The van der Waals surface area contributed by atoms with E-state index in [0.29, 0.717) is 28.1 Å². The molecule has 0 radical (unpaired) electrons. The molecule has 1 N–H and O–H groups in total. The number of hydrogen-bond acceptors (Lipinski definition) is 6. The molecule has 4 aromatic rings. The Balaban J connectivity index is 1.39. The molecule has 2 heterocycles. The monoisotopic (exact) mass is 500 g/mol. The molecule has 3 aromatic carbocycles. The normalized spacial score (nSPS) is 14.8. The average molecular weight is 501 g/mol. The molecule has 6 nitrogen and oxygen atoms in total. The van der Waals surface area contributed by atoms with Crippen LogP contribution in [-0.2, 0) is 15.3 Å². The van der Waals surface area contributed by atoms with Crippen molar-refractivity contribution in [3.8, 4) is 11.1 Å². The first-order valence-electron chi connectivity index (χ1n) is 11.7. The molecule has 182 valence electrons. The van der Waals surface area contributed by atoms with Gasteiger partial charge >= 0.3 is 5.97 Å². The third kappa shape index (κ3) is 4.90. The number of esters is 1. The zero-order valence-corrected chi connectivity index (χ0v) is 20.8. The van der Waals surface area contributed by atoms with Gasteiger partial charge in [-0.15, -0.1) is 5.10 Å². The number of halogens is 1. The largest absolute Gasteiger partial charge is 0.463 e. The van der Waals surface area contributed by atoms with Crippen molar-refractivity contribution in [2.24, 2.45) is 0 Å². The van der Waals surface area contributed by atoms with E-state index in [9.17, 15) is 9.18 Å². The number of carbonyl (C=O) groups excluding carboxylic acids is 1. The second-order valence-corrected chi connectivity index (χ2v) is 9.29. The molecule has 1 aromatic heterocycles. The predicted octanol–water partition coefficient (Wildman–Crippen LogP) is 6.23. The van der Waals surface area contributed by atoms with Crippen LogP contribution in [0.1, 0.15) is 31.0 Å². The summed E-state index contributed by atoms with van der Waals surface area (Å²) in [6, 6.07) is 24.2. The van der Waals surface area contributed by atoms with Crippen molar-refractivity contribution < 1.29 is 13.9 Å². The number of fused-ring (bicyclic) bond motifs is 1. The Kier molecular flexibility index (Phi) is 6.86. The molecule has 1 aliphatic rings. The van der Waals surface area contributed by atoms with Crippen molar-refractivity contribution in [1.29, 1.82) is 0 Å². The first-order chi connectivity index (χ1) is 17.5. The van der Waals surface area contributed by atoms with Gasteiger partial charge in [0.25, 0.3) is 0 Å². The van der Waals surface area contributed by atoms with Crippen molar-refractivity contribution in [3.63, 3.8) is 0 Å². The van der Waals surface area contributed by atoms with Crippen LogP contribution in [0.15, 0.2) is 95.3 Å². The van der Waals surface area contributed by atoms with Crippen LogP contribution in [-0.4, -0.2) is 27.3 Å². The van der Waals surface area contributed by atoms with Gasteiger partial charge in [-0.25, -0.2) is 13.9 Å². The van der Waals surface area contributed by atoms with Gasteiger partial charge in [0.2, 0.25) is 11.1 Å². The second-order valence-electron chi connectivity index (χ2n) is 8.35. The van der Waals surface area contributed by atoms with Crippen LogP contribution < -0.4 is 5.32 Å². The van der Waals surface area contributed by atoms with Crippen molar-refractivity contribution in [1.82, 2.24) is 14.8 Å². The molecule has 0 saturated carbocycles. The highest BCUT2D eigenvalue weighted by Crippen LogP contribution is 2.37. The standard InChI is InChI=1S/C28H25FN4O2S/c1-3-35-26(34)24-18(2)30-27-31-28(32-33(27)25(24)22-13-15-23(29)16-14-22)36-17-19-9-11-21(12-10-19)20-7-5-4-6-8-20/h4-16,25H,3,17H2,1-2H3,(H,30,31,32)/t25-/m1/s1. The number of hydrogen-bond donors (Lipinski definition) is 1. The van der Waals surface area contributed by atoms with Gasteiger partial charge in [-0.05, 0) is 48.2 Å². The van der Waals surface area contributed by atoms with Crippen LogP contribution >= 0.6 is 11.8 Å². The minimum atomic E-state index is -0.576. The fraction of sp³-hybridized carbons (Fsp3) is 0.179. The highest BCUT2D eigenvalue weighted by molar-refractivity contribution is 7.98. The number of thioether (sulfide) groups is 1. The number of nitrogens with zero attached hydrogens (tertiary/aromatic N) is 3. The highest BCUT2D eigenvalue weighted by Gasteiger charge is 2.35. The molecule has 1 atom stereocenters. The second kappa shape index (κ2) is 10.4. The Hall–Kier alpha value is -3.91. The van der Waals surface area contributed by atoms with Crippen molar-refractivity contribution >= 4 is 23.7 Å². The molecule has 0 amide bonds. The summed E-state index contributed by atoms with van der Waals surface area (Å²) >= 11 is 1.51. The summed E-state index contributed by atoms with van der Waals surface area (Å²) in [5, 5.41) is 8.47. The minimum Gasteiger partial charge on any atom is -0.463 e. The lowest BCUT2D eigenvalue weighted by molar-refractivity contribution is -0.139. The molecular weight excluding hydrogens is 475 g/mol. The number of rotatable bonds is 7. The maximum atomic E-state index is 13.6. The molecule has 5 rings (SSSR count). The van der Waals surface area contributed by atoms with E-state index in [1.165, 1.54) is 35.0 Å². The van der Waals surface area contributed by atoms with Gasteiger partial charge in [-0.2, -0.15) is 4.98 Å². The summed E-state index contributed by atoms with van der Waals surface area (Å²) in [5.41, 5.74) is 5.28. The van der Waals surface area contributed by atoms with Gasteiger partial charge in [0.05, 0.1) is 12.2 Å². The molecule has 0 aliphatic carbocycles. The number of carbonyl (C=O) groups is 1. The van der Waals surface area contributed by atoms with Crippen LogP contribution in [0.5, 0.6) is 0 Å². The molecule has 0 bridgehead atoms. The van der Waals surface area contributed by atoms with Gasteiger partial charge in [-0.1, -0.05) is 78.5 Å². The van der Waals surface area contributed by atoms with Crippen molar-refractivity contribution in [2.45, 2.75) is 30.8 Å². The number of benzene rings is 3. The van der Waals surface area contributed by atoms with Crippen LogP contribution in [0.25, 0.3) is 11.1 Å². The minimum absolute atomic E-state index is 0.250. The van der Waals surface area contributed by atoms with E-state index in [2.05, 4.69) is 46.7 Å². The van der Waals surface area contributed by atoms with Gasteiger partial charge in [-0.3, -0.25) is 0 Å². The first kappa shape index (κ1) is 23.8. The van der Waals surface area contributed by atoms with Gasteiger partial charge in [0.15, 0.2) is 0 Å². The topological polar surface area (TPSA) is 69.0 Å². The van der Waals surface area contributed by atoms with E-state index < -0.39 is 12.0 Å². The number of nitrogens with one attached hydrogen (secondary N) is 1. The summed E-state index contributed by atoms with van der Waals surface area (Å²) in [6.45, 7) is 3.82. The summed E-state index contributed by atoms with van der Waals surface area (Å²) in [4.78, 5) is 17.5. The maximum Gasteiger partial charge on any atom is 0.338 e. The molecule has 0 spiro atoms. The Bertz CT molecular complexity index is 1400. The fourth-order valence-electron chi connectivity index (χ4n) is 4.19. The number of ether oxygens (including phenoxy) is 1. The first-order valence-corrected chi connectivity index (χ1v) is 12.7. The average Bonchev–Trinajstić information content (AvgIpc) is 3.30. The smallest absolute Gasteiger partial charge is 0.338 e. The lowest BCUT2D eigenvalue weighted by atomic mass is 9.96. The summed E-state index contributed by atoms with van der Waals surface area (Å²) in [6.07, 6.45) is 0. The van der Waals surface area contributed by atoms with Crippen molar-refractivity contribution in [2.75, 3.05) is 11.9 Å². The molecule has 36 heavy (non-hydrogen) atoms. The van der Waals surface area contributed by atoms with Crippen LogP contribution in [0.3, 0.4) is 0 Å². The van der Waals surface area contributed by atoms with Gasteiger partial charge in [0, 0.05) is 11.4 Å². The lowest BCUT2D eigenvalue weighted by Gasteiger charge is -2.28. The van der Waals surface area contributed by atoms with Crippen LogP contribution in [0.4, 0.5) is 10.3 Å². The zero-order valence-electron chi connectivity index (χ0n) is 19.9. The molecule has 0 fully saturated rings. The van der Waals surface area contributed by atoms with E-state index in [0.717, 1.165) is 11.1 Å². The van der Waals surface area contributed by atoms with E-state index in [1.54, 1.807) is 23.7 Å². The molecule has 0 saturated heterocycles. The SMILES string of the molecule is CCOC(=O)C1=C(C)Nc2nc(SCc3ccc(-c4ccccc4)cc3)nn2[C@@H]1c1ccc(F)cc1. The summed E-state index contributed by atoms with van der Waals surface area (Å²) < 4.78 is 20.6. The van der Waals surface area contributed by atoms with E-state index in [1.807, 2.05) is 25.1 Å². The number of aromatic nitrogens is 3. The highest BCUT2D eigenvalue weighted by atomic mass is 32.2. The Labute approximate surface area is 213 Å². The van der Waals surface area contributed by atoms with E-state index in [4.69, 9.17) is 9.84 Å². The molecular formula is C28H25FN4O2S. The zero-order chi connectivity index (χ0) is 25.1. The third-order valence-electron chi connectivity index (χ3n) is 5.94. The van der Waals surface area contributed by atoms with Gasteiger partial charge < -0.3 is 10.1 Å². The summed E-state index contributed by atoms with van der Waals surface area (Å²) in [5.74, 6) is 0.429. The third-order valence-corrected chi connectivity index (χ3v) is 6.85. The van der Waals surface area contributed by atoms with Crippen LogP contribution in [0, 0.1) is 5.82 Å². The number of anilines is 1. The fourth-order valence-corrected chi connectivity index (χ4v) is 4.98. The Morgan fingerprint density at radius 3 is 2.42 bits per heavy atom. The van der Waals surface area contributed by atoms with Gasteiger partial charge in [0.1, 0.15) is 11.9 Å². The Morgan fingerprint density at radius 2 is 1.72 bits per heavy atom. The number of allylic oxidation sites excluding steroid dienone is 1. The van der Waals surface area contributed by atoms with E-state index in [-0.39, 0.29) is 12.4 Å². The quantitative estimate of drug-likeness (QED) is 0.240.